The van der Waals surface area contributed by atoms with Gasteiger partial charge in [0.1, 0.15) is 6.26 Å². The number of fused-ring (bicyclic) bond motifs is 1. The number of carbonyl (C=O) groups excluding carboxylic acids is 1. The zero-order valence-corrected chi connectivity index (χ0v) is 14.6. The molecular weight excluding hydrogens is 354 g/mol. The van der Waals surface area contributed by atoms with Crippen LogP contribution in [-0.4, -0.2) is 36.9 Å². The maximum atomic E-state index is 13.1. The molecule has 1 heterocycles. The summed E-state index contributed by atoms with van der Waals surface area (Å²) in [5.41, 5.74) is 0. The Hall–Kier alpha value is -2.97. The van der Waals surface area contributed by atoms with E-state index in [1.54, 1.807) is 18.2 Å². The summed E-state index contributed by atoms with van der Waals surface area (Å²) in [5.74, 6) is -0.305. The zero-order chi connectivity index (χ0) is 18.6. The van der Waals surface area contributed by atoms with Crippen LogP contribution in [0.4, 0.5) is 5.82 Å². The molecule has 0 fully saturated rings. The molecule has 3 rings (SSSR count). The molecule has 1 N–H and O–H groups in total. The van der Waals surface area contributed by atoms with Crippen molar-refractivity contribution in [2.24, 2.45) is 0 Å². The average molecular weight is 371 g/mol. The molecule has 8 heteroatoms. The molecule has 2 aromatic carbocycles. The quantitative estimate of drug-likeness (QED) is 0.645. The molecule has 0 bridgehead atoms. The van der Waals surface area contributed by atoms with E-state index in [1.807, 2.05) is 18.2 Å². The van der Waals surface area contributed by atoms with Crippen molar-refractivity contribution in [3.8, 4) is 0 Å². The Morgan fingerprint density at radius 3 is 2.69 bits per heavy atom. The fourth-order valence-corrected chi connectivity index (χ4v) is 4.15. The first-order chi connectivity index (χ1) is 12.5. The van der Waals surface area contributed by atoms with Gasteiger partial charge >= 0.3 is 0 Å². The zero-order valence-electron chi connectivity index (χ0n) is 13.8. The van der Waals surface area contributed by atoms with Gasteiger partial charge in [-0.15, -0.1) is 6.58 Å². The van der Waals surface area contributed by atoms with Crippen molar-refractivity contribution in [1.29, 1.82) is 0 Å². The second-order valence-electron chi connectivity index (χ2n) is 5.50. The molecule has 0 aliphatic heterocycles. The van der Waals surface area contributed by atoms with Crippen LogP contribution in [0.5, 0.6) is 0 Å². The highest BCUT2D eigenvalue weighted by Crippen LogP contribution is 2.25. The normalized spacial score (nSPS) is 11.6. The van der Waals surface area contributed by atoms with E-state index in [4.69, 9.17) is 0 Å². The summed E-state index contributed by atoms with van der Waals surface area (Å²) in [6.07, 6.45) is 2.75. The van der Waals surface area contributed by atoms with E-state index >= 15 is 0 Å². The van der Waals surface area contributed by atoms with E-state index in [2.05, 4.69) is 21.6 Å². The minimum absolute atomic E-state index is 0.00219. The molecule has 0 unspecified atom stereocenters. The third-order valence-corrected chi connectivity index (χ3v) is 5.60. The highest BCUT2D eigenvalue weighted by molar-refractivity contribution is 7.89. The number of aromatic nitrogens is 1. The number of hydrogen-bond acceptors (Lipinski definition) is 5. The second-order valence-corrected chi connectivity index (χ2v) is 7.40. The lowest BCUT2D eigenvalue weighted by Gasteiger charge is -2.21. The van der Waals surface area contributed by atoms with Crippen LogP contribution in [-0.2, 0) is 14.8 Å². The number of carbonyl (C=O) groups is 1. The lowest BCUT2D eigenvalue weighted by molar-refractivity contribution is -0.116. The van der Waals surface area contributed by atoms with Crippen LogP contribution in [0.3, 0.4) is 0 Å². The molecule has 7 nitrogen and oxygen atoms in total. The van der Waals surface area contributed by atoms with Gasteiger partial charge in [0.05, 0.1) is 11.4 Å². The van der Waals surface area contributed by atoms with Crippen LogP contribution in [0.25, 0.3) is 10.8 Å². The van der Waals surface area contributed by atoms with Gasteiger partial charge in [-0.25, -0.2) is 8.42 Å². The van der Waals surface area contributed by atoms with Gasteiger partial charge in [-0.2, -0.15) is 4.31 Å². The van der Waals surface area contributed by atoms with Crippen LogP contribution in [0, 0.1) is 0 Å². The first kappa shape index (κ1) is 17.8. The number of nitrogens with zero attached hydrogens (tertiary/aromatic N) is 2. The molecule has 0 saturated carbocycles. The molecule has 1 aromatic heterocycles. The number of nitrogens with one attached hydrogen (secondary N) is 1. The van der Waals surface area contributed by atoms with Crippen molar-refractivity contribution in [3.05, 3.63) is 67.4 Å². The van der Waals surface area contributed by atoms with Crippen molar-refractivity contribution < 1.29 is 17.7 Å². The van der Waals surface area contributed by atoms with Gasteiger partial charge in [0.2, 0.25) is 15.9 Å². The van der Waals surface area contributed by atoms with E-state index in [9.17, 15) is 13.2 Å². The summed E-state index contributed by atoms with van der Waals surface area (Å²) in [4.78, 5) is 12.3. The third kappa shape index (κ3) is 3.66. The summed E-state index contributed by atoms with van der Waals surface area (Å²) < 4.78 is 32.0. The fourth-order valence-electron chi connectivity index (χ4n) is 2.57. The molecule has 0 radical (unpaired) electrons. The first-order valence-electron chi connectivity index (χ1n) is 7.81. The smallest absolute Gasteiger partial charge is 0.244 e. The Kier molecular flexibility index (Phi) is 5.15. The second kappa shape index (κ2) is 7.51. The number of benzene rings is 2. The largest absolute Gasteiger partial charge is 0.363 e. The SMILES string of the molecule is C=CCN(CC(=O)Nc1ccon1)S(=O)(=O)c1cccc2ccccc12. The van der Waals surface area contributed by atoms with Gasteiger partial charge in [0, 0.05) is 18.0 Å². The van der Waals surface area contributed by atoms with Crippen LogP contribution in [0.2, 0.25) is 0 Å². The van der Waals surface area contributed by atoms with Crippen molar-refractivity contribution in [2.75, 3.05) is 18.4 Å². The topological polar surface area (TPSA) is 92.5 Å². The first-order valence-corrected chi connectivity index (χ1v) is 9.25. The molecule has 3 aromatic rings. The highest BCUT2D eigenvalue weighted by Gasteiger charge is 2.27. The average Bonchev–Trinajstić information content (AvgIpc) is 3.13. The van der Waals surface area contributed by atoms with E-state index in [-0.39, 0.29) is 23.8 Å². The number of sulfonamides is 1. The molecule has 1 amide bonds. The Morgan fingerprint density at radius 2 is 1.96 bits per heavy atom. The summed E-state index contributed by atoms with van der Waals surface area (Å²) >= 11 is 0. The van der Waals surface area contributed by atoms with E-state index in [0.717, 1.165) is 9.69 Å². The summed E-state index contributed by atoms with van der Waals surface area (Å²) in [6.45, 7) is 3.22. The Balaban J connectivity index is 1.92. The molecular formula is C18H17N3O4S. The highest BCUT2D eigenvalue weighted by atomic mass is 32.2. The van der Waals surface area contributed by atoms with Crippen LogP contribution < -0.4 is 5.32 Å². The maximum absolute atomic E-state index is 13.1. The Labute approximate surface area is 151 Å². The standard InChI is InChI=1S/C18H17N3O4S/c1-2-11-21(13-18(22)19-17-10-12-25-20-17)26(23,24)16-9-5-7-14-6-3-4-8-15(14)16/h2-10,12H,1,11,13H2,(H,19,20,22). The van der Waals surface area contributed by atoms with Gasteiger partial charge in [-0.1, -0.05) is 47.6 Å². The van der Waals surface area contributed by atoms with Crippen molar-refractivity contribution in [1.82, 2.24) is 9.46 Å². The van der Waals surface area contributed by atoms with E-state index < -0.39 is 15.9 Å². The number of amides is 1. The minimum atomic E-state index is -3.91. The molecule has 0 aliphatic rings. The lowest BCUT2D eigenvalue weighted by Crippen LogP contribution is -2.38. The summed E-state index contributed by atoms with van der Waals surface area (Å²) in [6, 6.07) is 13.7. The molecule has 0 atom stereocenters. The fraction of sp³-hybridized carbons (Fsp3) is 0.111. The van der Waals surface area contributed by atoms with Crippen LogP contribution in [0.15, 0.2) is 76.9 Å². The van der Waals surface area contributed by atoms with Gasteiger partial charge in [0.15, 0.2) is 5.82 Å². The van der Waals surface area contributed by atoms with E-state index in [1.165, 1.54) is 24.5 Å². The molecule has 0 spiro atoms. The lowest BCUT2D eigenvalue weighted by atomic mass is 10.1. The van der Waals surface area contributed by atoms with Crippen LogP contribution in [0.1, 0.15) is 0 Å². The summed E-state index contributed by atoms with van der Waals surface area (Å²) in [5, 5.41) is 7.47. The van der Waals surface area contributed by atoms with Gasteiger partial charge in [0.25, 0.3) is 0 Å². The monoisotopic (exact) mass is 371 g/mol. The molecule has 0 saturated heterocycles. The molecule has 134 valence electrons. The van der Waals surface area contributed by atoms with Gasteiger partial charge < -0.3 is 9.84 Å². The van der Waals surface area contributed by atoms with Crippen molar-refractivity contribution in [3.63, 3.8) is 0 Å². The minimum Gasteiger partial charge on any atom is -0.363 e. The van der Waals surface area contributed by atoms with Crippen molar-refractivity contribution in [2.45, 2.75) is 4.90 Å². The van der Waals surface area contributed by atoms with Gasteiger partial charge in [-0.05, 0) is 11.5 Å². The molecule has 26 heavy (non-hydrogen) atoms. The van der Waals surface area contributed by atoms with Crippen LogP contribution >= 0.6 is 0 Å². The Bertz CT molecular complexity index is 1020. The molecule has 0 aliphatic carbocycles. The van der Waals surface area contributed by atoms with E-state index in [0.29, 0.717) is 5.39 Å². The Morgan fingerprint density at radius 1 is 1.19 bits per heavy atom. The summed E-state index contributed by atoms with van der Waals surface area (Å²) in [7, 11) is -3.91. The number of anilines is 1. The maximum Gasteiger partial charge on any atom is 0.244 e. The number of rotatable bonds is 7. The third-order valence-electron chi connectivity index (χ3n) is 3.73. The number of hydrogen-bond donors (Lipinski definition) is 1. The van der Waals surface area contributed by atoms with Crippen molar-refractivity contribution >= 4 is 32.5 Å². The predicted molar refractivity (Wildman–Crippen MR) is 98.0 cm³/mol. The van der Waals surface area contributed by atoms with Gasteiger partial charge in [-0.3, -0.25) is 4.79 Å². The predicted octanol–water partition coefficient (Wildman–Crippen LogP) is 2.64.